The van der Waals surface area contributed by atoms with Crippen molar-refractivity contribution < 1.29 is 4.79 Å². The summed E-state index contributed by atoms with van der Waals surface area (Å²) in [6.07, 6.45) is 6.55. The van der Waals surface area contributed by atoms with Gasteiger partial charge in [0.05, 0.1) is 24.3 Å². The van der Waals surface area contributed by atoms with Gasteiger partial charge in [-0.05, 0) is 24.1 Å². The van der Waals surface area contributed by atoms with E-state index in [9.17, 15) is 4.79 Å². The van der Waals surface area contributed by atoms with Gasteiger partial charge in [0.15, 0.2) is 0 Å². The summed E-state index contributed by atoms with van der Waals surface area (Å²) in [5, 5.41) is 4.38. The van der Waals surface area contributed by atoms with E-state index in [1.54, 1.807) is 6.20 Å². The molecule has 5 nitrogen and oxygen atoms in total. The van der Waals surface area contributed by atoms with Crippen molar-refractivity contribution in [3.8, 4) is 0 Å². The maximum Gasteiger partial charge on any atom is 0.257 e. The number of amides is 1. The zero-order valence-corrected chi connectivity index (χ0v) is 14.4. The number of hydrogen-bond donors (Lipinski definition) is 0. The van der Waals surface area contributed by atoms with Crippen molar-refractivity contribution in [2.24, 2.45) is 0 Å². The van der Waals surface area contributed by atoms with Crippen LogP contribution in [0.15, 0.2) is 61.1 Å². The first kappa shape index (κ1) is 15.7. The Morgan fingerprint density at radius 3 is 2.80 bits per heavy atom. The Morgan fingerprint density at radius 1 is 1.16 bits per heavy atom. The van der Waals surface area contributed by atoms with E-state index in [1.807, 2.05) is 34.0 Å². The third-order valence-corrected chi connectivity index (χ3v) is 4.88. The second-order valence-electron chi connectivity index (χ2n) is 6.46. The molecule has 1 aliphatic rings. The van der Waals surface area contributed by atoms with Crippen LogP contribution in [0, 0.1) is 0 Å². The lowest BCUT2D eigenvalue weighted by molar-refractivity contribution is 0.0618. The Morgan fingerprint density at radius 2 is 2.00 bits per heavy atom. The van der Waals surface area contributed by atoms with Crippen LogP contribution in [0.3, 0.4) is 0 Å². The minimum atomic E-state index is 0.0682. The van der Waals surface area contributed by atoms with Crippen molar-refractivity contribution in [1.82, 2.24) is 19.2 Å². The van der Waals surface area contributed by atoms with Crippen molar-refractivity contribution in [3.05, 3.63) is 77.9 Å². The van der Waals surface area contributed by atoms with E-state index in [0.29, 0.717) is 12.1 Å². The molecule has 0 spiro atoms. The summed E-state index contributed by atoms with van der Waals surface area (Å²) in [7, 11) is 0. The molecule has 0 saturated carbocycles. The molecular formula is C20H22N4O. The van der Waals surface area contributed by atoms with Gasteiger partial charge in [-0.15, -0.1) is 0 Å². The van der Waals surface area contributed by atoms with Gasteiger partial charge in [0.25, 0.3) is 5.91 Å². The zero-order chi connectivity index (χ0) is 17.2. The van der Waals surface area contributed by atoms with Crippen LogP contribution in [0.25, 0.3) is 0 Å². The smallest absolute Gasteiger partial charge is 0.257 e. The summed E-state index contributed by atoms with van der Waals surface area (Å²) < 4.78 is 4.08. The average molecular weight is 334 g/mol. The first-order valence-electron chi connectivity index (χ1n) is 8.78. The first-order valence-corrected chi connectivity index (χ1v) is 8.78. The highest BCUT2D eigenvalue weighted by Gasteiger charge is 2.30. The number of benzene rings is 1. The summed E-state index contributed by atoms with van der Waals surface area (Å²) in [5.74, 6) is 0.0682. The fourth-order valence-electron chi connectivity index (χ4n) is 3.63. The highest BCUT2D eigenvalue weighted by molar-refractivity contribution is 5.94. The lowest BCUT2D eigenvalue weighted by Gasteiger charge is -2.36. The number of aromatic nitrogens is 3. The lowest BCUT2D eigenvalue weighted by atomic mass is 10.1. The summed E-state index contributed by atoms with van der Waals surface area (Å²) in [6.45, 7) is 4.40. The topological polar surface area (TPSA) is 43.1 Å². The Hall–Kier alpha value is -2.82. The largest absolute Gasteiger partial charge is 0.348 e. The van der Waals surface area contributed by atoms with Gasteiger partial charge in [-0.3, -0.25) is 9.48 Å². The molecule has 1 aromatic carbocycles. The third kappa shape index (κ3) is 2.97. The molecule has 3 heterocycles. The highest BCUT2D eigenvalue weighted by Crippen LogP contribution is 2.29. The van der Waals surface area contributed by atoms with Crippen molar-refractivity contribution in [2.45, 2.75) is 32.5 Å². The molecule has 0 bridgehead atoms. The van der Waals surface area contributed by atoms with Gasteiger partial charge in [-0.1, -0.05) is 37.3 Å². The molecule has 0 fully saturated rings. The van der Waals surface area contributed by atoms with E-state index in [2.05, 4.69) is 47.1 Å². The van der Waals surface area contributed by atoms with Crippen LogP contribution < -0.4 is 0 Å². The molecule has 5 heteroatoms. The molecule has 3 aromatic rings. The number of fused-ring (bicyclic) bond motifs is 1. The maximum atomic E-state index is 13.0. The summed E-state index contributed by atoms with van der Waals surface area (Å²) in [5.41, 5.74) is 3.06. The SMILES string of the molecule is CCC1c2cccn2CCN1C(=O)c1cnn(Cc2ccccc2)c1. The van der Waals surface area contributed by atoms with Gasteiger partial charge in [0.2, 0.25) is 0 Å². The molecule has 1 aliphatic heterocycles. The molecule has 0 N–H and O–H groups in total. The number of carbonyl (C=O) groups excluding carboxylic acids is 1. The van der Waals surface area contributed by atoms with Gasteiger partial charge in [0.1, 0.15) is 0 Å². The molecule has 128 valence electrons. The Labute approximate surface area is 147 Å². The van der Waals surface area contributed by atoms with Crippen LogP contribution in [0.4, 0.5) is 0 Å². The van der Waals surface area contributed by atoms with Crippen LogP contribution in [0.5, 0.6) is 0 Å². The van der Waals surface area contributed by atoms with Gasteiger partial charge in [0, 0.05) is 31.2 Å². The molecule has 0 saturated heterocycles. The van der Waals surface area contributed by atoms with Crippen molar-refractivity contribution in [1.29, 1.82) is 0 Å². The van der Waals surface area contributed by atoms with Crippen molar-refractivity contribution >= 4 is 5.91 Å². The summed E-state index contributed by atoms with van der Waals surface area (Å²) in [4.78, 5) is 15.0. The van der Waals surface area contributed by atoms with Crippen LogP contribution in [-0.4, -0.2) is 31.7 Å². The summed E-state index contributed by atoms with van der Waals surface area (Å²) >= 11 is 0. The minimum absolute atomic E-state index is 0.0682. The predicted octanol–water partition coefficient (Wildman–Crippen LogP) is 3.34. The Bertz CT molecular complexity index is 865. The third-order valence-electron chi connectivity index (χ3n) is 4.88. The molecular weight excluding hydrogens is 312 g/mol. The van der Waals surface area contributed by atoms with E-state index in [0.717, 1.165) is 19.5 Å². The maximum absolute atomic E-state index is 13.0. The minimum Gasteiger partial charge on any atom is -0.348 e. The van der Waals surface area contributed by atoms with Gasteiger partial charge < -0.3 is 9.47 Å². The van der Waals surface area contributed by atoms with Crippen LogP contribution >= 0.6 is 0 Å². The summed E-state index contributed by atoms with van der Waals surface area (Å²) in [6, 6.07) is 14.5. The van der Waals surface area contributed by atoms with Crippen molar-refractivity contribution in [2.75, 3.05) is 6.54 Å². The van der Waals surface area contributed by atoms with Gasteiger partial charge >= 0.3 is 0 Å². The van der Waals surface area contributed by atoms with E-state index in [1.165, 1.54) is 11.3 Å². The highest BCUT2D eigenvalue weighted by atomic mass is 16.2. The predicted molar refractivity (Wildman–Crippen MR) is 96.3 cm³/mol. The Kier molecular flexibility index (Phi) is 4.14. The molecule has 1 unspecified atom stereocenters. The second kappa shape index (κ2) is 6.59. The first-order chi connectivity index (χ1) is 12.3. The lowest BCUT2D eigenvalue weighted by Crippen LogP contribution is -2.41. The van der Waals surface area contributed by atoms with E-state index < -0.39 is 0 Å². The normalized spacial score (nSPS) is 16.7. The quantitative estimate of drug-likeness (QED) is 0.734. The van der Waals surface area contributed by atoms with Crippen LogP contribution in [0.1, 0.15) is 41.0 Å². The van der Waals surface area contributed by atoms with Crippen molar-refractivity contribution in [3.63, 3.8) is 0 Å². The number of rotatable bonds is 4. The second-order valence-corrected chi connectivity index (χ2v) is 6.46. The monoisotopic (exact) mass is 334 g/mol. The zero-order valence-electron chi connectivity index (χ0n) is 14.4. The van der Waals surface area contributed by atoms with E-state index in [4.69, 9.17) is 0 Å². The fraction of sp³-hybridized carbons (Fsp3) is 0.300. The number of carbonyl (C=O) groups is 1. The van der Waals surface area contributed by atoms with Gasteiger partial charge in [-0.2, -0.15) is 5.10 Å². The van der Waals surface area contributed by atoms with Crippen LogP contribution in [-0.2, 0) is 13.1 Å². The van der Waals surface area contributed by atoms with E-state index >= 15 is 0 Å². The van der Waals surface area contributed by atoms with Crippen LogP contribution in [0.2, 0.25) is 0 Å². The average Bonchev–Trinajstić information content (AvgIpc) is 3.30. The molecule has 1 amide bonds. The molecule has 4 rings (SSSR count). The molecule has 1 atom stereocenters. The Balaban J connectivity index is 1.53. The molecule has 0 radical (unpaired) electrons. The number of nitrogens with zero attached hydrogens (tertiary/aromatic N) is 4. The standard InChI is InChI=1S/C20H22N4O/c1-2-18-19-9-6-10-22(19)11-12-24(18)20(25)17-13-21-23(15-17)14-16-7-4-3-5-8-16/h3-10,13,15,18H,2,11-12,14H2,1H3. The van der Waals surface area contributed by atoms with Gasteiger partial charge in [-0.25, -0.2) is 0 Å². The number of hydrogen-bond acceptors (Lipinski definition) is 2. The fourth-order valence-corrected chi connectivity index (χ4v) is 3.63. The molecule has 2 aromatic heterocycles. The molecule has 25 heavy (non-hydrogen) atoms. The molecule has 0 aliphatic carbocycles. The van der Waals surface area contributed by atoms with E-state index in [-0.39, 0.29) is 11.9 Å².